The zero-order valence-electron chi connectivity index (χ0n) is 14.9. The molecule has 3 rings (SSSR count). The van der Waals surface area contributed by atoms with Gasteiger partial charge in [-0.05, 0) is 24.6 Å². The molecule has 0 radical (unpaired) electrons. The maximum Gasteiger partial charge on any atom is 0.338 e. The second kappa shape index (κ2) is 8.39. The van der Waals surface area contributed by atoms with Gasteiger partial charge in [-0.25, -0.2) is 4.79 Å². The Hall–Kier alpha value is -2.94. The Kier molecular flexibility index (Phi) is 5.93. The largest absolute Gasteiger partial charge is 0.463 e. The lowest BCUT2D eigenvalue weighted by Gasteiger charge is -2.28. The molecule has 2 N–H and O–H groups in total. The van der Waals surface area contributed by atoms with Gasteiger partial charge >= 0.3 is 5.97 Å². The quantitative estimate of drug-likeness (QED) is 0.727. The summed E-state index contributed by atoms with van der Waals surface area (Å²) in [6.45, 7) is 1.86. The van der Waals surface area contributed by atoms with Gasteiger partial charge in [0.25, 0.3) is 0 Å². The van der Waals surface area contributed by atoms with E-state index in [2.05, 4.69) is 0 Å². The van der Waals surface area contributed by atoms with E-state index in [9.17, 15) is 10.1 Å². The summed E-state index contributed by atoms with van der Waals surface area (Å²) >= 11 is 12.4. The molecule has 1 aliphatic heterocycles. The molecule has 0 saturated carbocycles. The standard InChI is InChI=1S/C21H16Cl2N2O3/c1-2-27-21(26)18-17(14-9-8-13(22)10-16(14)23)15(11-24)20(25)28-19(18)12-6-4-3-5-7-12/h3-10,17H,2,25H2,1H3. The minimum atomic E-state index is -0.849. The third-order valence-corrected chi connectivity index (χ3v) is 4.79. The zero-order valence-corrected chi connectivity index (χ0v) is 16.4. The van der Waals surface area contributed by atoms with E-state index in [0.717, 1.165) is 0 Å². The monoisotopic (exact) mass is 414 g/mol. The summed E-state index contributed by atoms with van der Waals surface area (Å²) in [6.07, 6.45) is 0. The summed E-state index contributed by atoms with van der Waals surface area (Å²) in [6, 6.07) is 15.9. The molecule has 0 saturated heterocycles. The highest BCUT2D eigenvalue weighted by molar-refractivity contribution is 6.35. The number of esters is 1. The van der Waals surface area contributed by atoms with E-state index in [-0.39, 0.29) is 29.4 Å². The molecular formula is C21H16Cl2N2O3. The van der Waals surface area contributed by atoms with Gasteiger partial charge in [-0.3, -0.25) is 0 Å². The number of rotatable bonds is 4. The van der Waals surface area contributed by atoms with Crippen LogP contribution in [0.15, 0.2) is 65.6 Å². The average Bonchev–Trinajstić information content (AvgIpc) is 2.68. The lowest BCUT2D eigenvalue weighted by atomic mass is 9.82. The summed E-state index contributed by atoms with van der Waals surface area (Å²) in [4.78, 5) is 12.9. The molecule has 0 fully saturated rings. The number of carbonyl (C=O) groups is 1. The zero-order chi connectivity index (χ0) is 20.3. The van der Waals surface area contributed by atoms with Crippen molar-refractivity contribution in [2.24, 2.45) is 5.73 Å². The maximum absolute atomic E-state index is 12.9. The van der Waals surface area contributed by atoms with Crippen LogP contribution < -0.4 is 5.73 Å². The fraction of sp³-hybridized carbons (Fsp3) is 0.143. The van der Waals surface area contributed by atoms with Gasteiger partial charge in [0.15, 0.2) is 0 Å². The molecule has 0 bridgehead atoms. The van der Waals surface area contributed by atoms with E-state index in [1.54, 1.807) is 49.4 Å². The Morgan fingerprint density at radius 1 is 1.25 bits per heavy atom. The van der Waals surface area contributed by atoms with Crippen molar-refractivity contribution in [1.82, 2.24) is 0 Å². The second-order valence-corrected chi connectivity index (χ2v) is 6.76. The van der Waals surface area contributed by atoms with Crippen molar-refractivity contribution in [3.63, 3.8) is 0 Å². The molecule has 5 nitrogen and oxygen atoms in total. The van der Waals surface area contributed by atoms with Crippen molar-refractivity contribution in [3.8, 4) is 6.07 Å². The highest BCUT2D eigenvalue weighted by Gasteiger charge is 2.39. The number of hydrogen-bond donors (Lipinski definition) is 1. The van der Waals surface area contributed by atoms with Crippen LogP contribution in [0.5, 0.6) is 0 Å². The van der Waals surface area contributed by atoms with Crippen LogP contribution in [0, 0.1) is 11.3 Å². The van der Waals surface area contributed by atoms with Crippen molar-refractivity contribution in [1.29, 1.82) is 5.26 Å². The first-order valence-electron chi connectivity index (χ1n) is 8.47. The van der Waals surface area contributed by atoms with E-state index in [1.807, 2.05) is 12.1 Å². The van der Waals surface area contributed by atoms with E-state index in [0.29, 0.717) is 21.2 Å². The molecule has 1 atom stereocenters. The van der Waals surface area contributed by atoms with Crippen LogP contribution in [0.1, 0.15) is 24.0 Å². The highest BCUT2D eigenvalue weighted by atomic mass is 35.5. The summed E-state index contributed by atoms with van der Waals surface area (Å²) < 4.78 is 11.0. The topological polar surface area (TPSA) is 85.3 Å². The van der Waals surface area contributed by atoms with Crippen LogP contribution in [-0.4, -0.2) is 12.6 Å². The maximum atomic E-state index is 12.9. The molecule has 1 heterocycles. The summed E-state index contributed by atoms with van der Waals surface area (Å²) in [7, 11) is 0. The molecule has 2 aromatic rings. The lowest BCUT2D eigenvalue weighted by molar-refractivity contribution is -0.138. The Bertz CT molecular complexity index is 1020. The molecule has 28 heavy (non-hydrogen) atoms. The first kappa shape index (κ1) is 19.8. The fourth-order valence-electron chi connectivity index (χ4n) is 3.03. The van der Waals surface area contributed by atoms with Crippen LogP contribution in [-0.2, 0) is 14.3 Å². The fourth-order valence-corrected chi connectivity index (χ4v) is 3.54. The van der Waals surface area contributed by atoms with Crippen LogP contribution in [0.3, 0.4) is 0 Å². The third-order valence-electron chi connectivity index (χ3n) is 4.22. The molecular weight excluding hydrogens is 399 g/mol. The predicted molar refractivity (Wildman–Crippen MR) is 107 cm³/mol. The van der Waals surface area contributed by atoms with Gasteiger partial charge in [-0.15, -0.1) is 0 Å². The molecule has 2 aromatic carbocycles. The summed E-state index contributed by atoms with van der Waals surface area (Å²) in [5, 5.41) is 10.4. The SMILES string of the molecule is CCOC(=O)C1=C(c2ccccc2)OC(N)=C(C#N)C1c1ccc(Cl)cc1Cl. The lowest BCUT2D eigenvalue weighted by Crippen LogP contribution is -2.26. The molecule has 1 unspecified atom stereocenters. The third kappa shape index (κ3) is 3.70. The minimum Gasteiger partial charge on any atom is -0.463 e. The van der Waals surface area contributed by atoms with Gasteiger partial charge in [0.2, 0.25) is 5.88 Å². The molecule has 142 valence electrons. The summed E-state index contributed by atoms with van der Waals surface area (Å²) in [5.74, 6) is -1.33. The molecule has 0 aromatic heterocycles. The van der Waals surface area contributed by atoms with Gasteiger partial charge in [-0.2, -0.15) is 5.26 Å². The normalized spacial score (nSPS) is 16.4. The van der Waals surface area contributed by atoms with Crippen LogP contribution >= 0.6 is 23.2 Å². The predicted octanol–water partition coefficient (Wildman–Crippen LogP) is 4.78. The van der Waals surface area contributed by atoms with Crippen LogP contribution in [0.4, 0.5) is 0 Å². The summed E-state index contributed by atoms with van der Waals surface area (Å²) in [5.41, 5.74) is 7.40. The molecule has 0 aliphatic carbocycles. The van der Waals surface area contributed by atoms with Crippen molar-refractivity contribution in [2.45, 2.75) is 12.8 Å². The Labute approximate surface area is 172 Å². The van der Waals surface area contributed by atoms with Gasteiger partial charge in [0.05, 0.1) is 18.1 Å². The van der Waals surface area contributed by atoms with E-state index >= 15 is 0 Å². The van der Waals surface area contributed by atoms with Crippen LogP contribution in [0.2, 0.25) is 10.0 Å². The van der Waals surface area contributed by atoms with E-state index in [1.165, 1.54) is 0 Å². The average molecular weight is 415 g/mol. The second-order valence-electron chi connectivity index (χ2n) is 5.92. The van der Waals surface area contributed by atoms with Crippen molar-refractivity contribution < 1.29 is 14.3 Å². The van der Waals surface area contributed by atoms with Gasteiger partial charge in [0, 0.05) is 15.6 Å². The van der Waals surface area contributed by atoms with Crippen LogP contribution in [0.25, 0.3) is 5.76 Å². The number of allylic oxidation sites excluding steroid dienone is 1. The first-order chi connectivity index (χ1) is 13.5. The van der Waals surface area contributed by atoms with Gasteiger partial charge < -0.3 is 15.2 Å². The molecule has 0 amide bonds. The number of halogens is 2. The Balaban J connectivity index is 2.31. The minimum absolute atomic E-state index is 0.0759. The number of nitrogens with zero attached hydrogens (tertiary/aromatic N) is 1. The number of carbonyl (C=O) groups excluding carboxylic acids is 1. The molecule has 7 heteroatoms. The van der Waals surface area contributed by atoms with Gasteiger partial charge in [-0.1, -0.05) is 59.6 Å². The Morgan fingerprint density at radius 2 is 1.96 bits per heavy atom. The number of nitrogens with two attached hydrogens (primary N) is 1. The van der Waals surface area contributed by atoms with Gasteiger partial charge in [0.1, 0.15) is 17.4 Å². The molecule has 0 spiro atoms. The Morgan fingerprint density at radius 3 is 2.57 bits per heavy atom. The van der Waals surface area contributed by atoms with E-state index < -0.39 is 11.9 Å². The van der Waals surface area contributed by atoms with Crippen molar-refractivity contribution >= 4 is 34.9 Å². The number of benzene rings is 2. The van der Waals surface area contributed by atoms with Crippen molar-refractivity contribution in [2.75, 3.05) is 6.61 Å². The van der Waals surface area contributed by atoms with E-state index in [4.69, 9.17) is 38.4 Å². The smallest absolute Gasteiger partial charge is 0.338 e. The first-order valence-corrected chi connectivity index (χ1v) is 9.22. The highest BCUT2D eigenvalue weighted by Crippen LogP contribution is 2.45. The molecule has 1 aliphatic rings. The number of hydrogen-bond acceptors (Lipinski definition) is 5. The number of ether oxygens (including phenoxy) is 2. The number of nitriles is 1. The van der Waals surface area contributed by atoms with Crippen molar-refractivity contribution in [3.05, 3.63) is 86.7 Å².